The summed E-state index contributed by atoms with van der Waals surface area (Å²) in [7, 11) is 0. The molecule has 1 amide bonds. The summed E-state index contributed by atoms with van der Waals surface area (Å²) in [6, 6.07) is 12.9. The Morgan fingerprint density at radius 1 is 1.24 bits per heavy atom. The molecule has 1 fully saturated rings. The molecule has 128 valence electrons. The molecule has 7 heteroatoms. The van der Waals surface area contributed by atoms with Crippen molar-refractivity contribution in [2.75, 3.05) is 11.4 Å². The molecule has 0 radical (unpaired) electrons. The van der Waals surface area contributed by atoms with E-state index in [9.17, 15) is 4.79 Å². The Morgan fingerprint density at radius 3 is 2.92 bits per heavy atom. The minimum atomic E-state index is -0.295. The number of carbonyl (C=O) groups is 1. The Kier molecular flexibility index (Phi) is 4.20. The van der Waals surface area contributed by atoms with Gasteiger partial charge in [0.2, 0.25) is 5.91 Å². The van der Waals surface area contributed by atoms with Crippen molar-refractivity contribution in [1.29, 1.82) is 0 Å². The van der Waals surface area contributed by atoms with Crippen molar-refractivity contribution in [3.05, 3.63) is 54.5 Å². The van der Waals surface area contributed by atoms with Crippen molar-refractivity contribution in [2.24, 2.45) is 0 Å². The number of benzene rings is 1. The monoisotopic (exact) mass is 338 g/mol. The zero-order valence-corrected chi connectivity index (χ0v) is 13.6. The van der Waals surface area contributed by atoms with Crippen LogP contribution in [-0.4, -0.2) is 28.6 Å². The highest BCUT2D eigenvalue weighted by molar-refractivity contribution is 5.85. The van der Waals surface area contributed by atoms with Crippen LogP contribution in [0.5, 0.6) is 0 Å². The molecule has 1 aliphatic rings. The molecule has 1 aliphatic heterocycles. The summed E-state index contributed by atoms with van der Waals surface area (Å²) in [5, 5.41) is 6.96. The molecule has 0 spiro atoms. The van der Waals surface area contributed by atoms with Gasteiger partial charge in [0.25, 0.3) is 11.8 Å². The van der Waals surface area contributed by atoms with E-state index in [1.54, 1.807) is 12.3 Å². The van der Waals surface area contributed by atoms with Crippen molar-refractivity contribution >= 4 is 11.9 Å². The minimum absolute atomic E-state index is 0.0556. The normalized spacial score (nSPS) is 17.0. The van der Waals surface area contributed by atoms with Gasteiger partial charge < -0.3 is 19.2 Å². The maximum atomic E-state index is 12.5. The van der Waals surface area contributed by atoms with Gasteiger partial charge in [0.15, 0.2) is 0 Å². The Bertz CT molecular complexity index is 829. The van der Waals surface area contributed by atoms with Crippen LogP contribution < -0.4 is 10.2 Å². The first-order chi connectivity index (χ1) is 12.3. The molecule has 1 unspecified atom stereocenters. The van der Waals surface area contributed by atoms with E-state index in [1.165, 1.54) is 0 Å². The van der Waals surface area contributed by atoms with Crippen LogP contribution in [0.3, 0.4) is 0 Å². The summed E-state index contributed by atoms with van der Waals surface area (Å²) in [5.41, 5.74) is 0.860. The fraction of sp³-hybridized carbons (Fsp3) is 0.278. The summed E-state index contributed by atoms with van der Waals surface area (Å²) in [6.45, 7) is 1.10. The van der Waals surface area contributed by atoms with Crippen molar-refractivity contribution in [1.82, 2.24) is 15.5 Å². The SMILES string of the molecule is O=C(NCc1ccco1)C1CCCN1c1noc(-c2ccccc2)n1. The first-order valence-electron chi connectivity index (χ1n) is 8.27. The predicted molar refractivity (Wildman–Crippen MR) is 90.7 cm³/mol. The lowest BCUT2D eigenvalue weighted by Gasteiger charge is -2.21. The maximum Gasteiger partial charge on any atom is 0.267 e. The Labute approximate surface area is 144 Å². The number of furan rings is 1. The van der Waals surface area contributed by atoms with Crippen LogP contribution in [0.1, 0.15) is 18.6 Å². The van der Waals surface area contributed by atoms with Crippen LogP contribution in [0, 0.1) is 0 Å². The molecule has 1 saturated heterocycles. The van der Waals surface area contributed by atoms with Gasteiger partial charge in [0, 0.05) is 12.1 Å². The highest BCUT2D eigenvalue weighted by Gasteiger charge is 2.33. The van der Waals surface area contributed by atoms with Gasteiger partial charge in [-0.05, 0) is 42.3 Å². The predicted octanol–water partition coefficient (Wildman–Crippen LogP) is 2.61. The van der Waals surface area contributed by atoms with E-state index >= 15 is 0 Å². The van der Waals surface area contributed by atoms with Gasteiger partial charge in [0.1, 0.15) is 11.8 Å². The zero-order valence-electron chi connectivity index (χ0n) is 13.6. The second-order valence-corrected chi connectivity index (χ2v) is 5.91. The molecule has 0 saturated carbocycles. The maximum absolute atomic E-state index is 12.5. The molecule has 1 aromatic carbocycles. The van der Waals surface area contributed by atoms with Crippen LogP contribution in [-0.2, 0) is 11.3 Å². The van der Waals surface area contributed by atoms with Gasteiger partial charge in [-0.25, -0.2) is 0 Å². The molecule has 7 nitrogen and oxygen atoms in total. The summed E-state index contributed by atoms with van der Waals surface area (Å²) in [4.78, 5) is 18.9. The quantitative estimate of drug-likeness (QED) is 0.770. The first kappa shape index (κ1) is 15.4. The van der Waals surface area contributed by atoms with Crippen LogP contribution in [0.15, 0.2) is 57.7 Å². The Balaban J connectivity index is 1.46. The molecule has 25 heavy (non-hydrogen) atoms. The number of hydrogen-bond acceptors (Lipinski definition) is 6. The molecule has 2 aromatic heterocycles. The molecular weight excluding hydrogens is 320 g/mol. The number of nitrogens with zero attached hydrogens (tertiary/aromatic N) is 3. The van der Waals surface area contributed by atoms with E-state index < -0.39 is 0 Å². The fourth-order valence-electron chi connectivity index (χ4n) is 3.01. The van der Waals surface area contributed by atoms with E-state index in [-0.39, 0.29) is 11.9 Å². The molecule has 0 aliphatic carbocycles. The highest BCUT2D eigenvalue weighted by Crippen LogP contribution is 2.26. The average Bonchev–Trinajstić information content (AvgIpc) is 3.41. The molecule has 0 bridgehead atoms. The smallest absolute Gasteiger partial charge is 0.267 e. The van der Waals surface area contributed by atoms with Gasteiger partial charge in [-0.2, -0.15) is 4.98 Å². The van der Waals surface area contributed by atoms with Crippen molar-refractivity contribution < 1.29 is 13.7 Å². The van der Waals surface area contributed by atoms with Gasteiger partial charge in [-0.15, -0.1) is 0 Å². The van der Waals surface area contributed by atoms with E-state index in [0.717, 1.165) is 30.7 Å². The van der Waals surface area contributed by atoms with Crippen LogP contribution in [0.25, 0.3) is 11.5 Å². The third-order valence-electron chi connectivity index (χ3n) is 4.27. The van der Waals surface area contributed by atoms with Crippen molar-refractivity contribution in [3.8, 4) is 11.5 Å². The summed E-state index contributed by atoms with van der Waals surface area (Å²) < 4.78 is 10.6. The van der Waals surface area contributed by atoms with Crippen LogP contribution >= 0.6 is 0 Å². The molecule has 3 heterocycles. The van der Waals surface area contributed by atoms with Gasteiger partial charge in [-0.3, -0.25) is 4.79 Å². The zero-order chi connectivity index (χ0) is 17.1. The number of aromatic nitrogens is 2. The first-order valence-corrected chi connectivity index (χ1v) is 8.27. The molecule has 1 N–H and O–H groups in total. The lowest BCUT2D eigenvalue weighted by molar-refractivity contribution is -0.122. The third-order valence-corrected chi connectivity index (χ3v) is 4.27. The molecule has 3 aromatic rings. The Hall–Kier alpha value is -3.09. The number of carbonyl (C=O) groups excluding carboxylic acids is 1. The van der Waals surface area contributed by atoms with Gasteiger partial charge >= 0.3 is 0 Å². The van der Waals surface area contributed by atoms with Crippen molar-refractivity contribution in [2.45, 2.75) is 25.4 Å². The van der Waals surface area contributed by atoms with Crippen LogP contribution in [0.2, 0.25) is 0 Å². The Morgan fingerprint density at radius 2 is 2.12 bits per heavy atom. The van der Waals surface area contributed by atoms with Crippen molar-refractivity contribution in [3.63, 3.8) is 0 Å². The standard InChI is InChI=1S/C18H18N4O3/c23-16(19-12-14-8-5-11-24-14)15-9-4-10-22(15)18-20-17(25-21-18)13-6-2-1-3-7-13/h1-3,5-8,11,15H,4,9-10,12H2,(H,19,23). The molecular formula is C18H18N4O3. The van der Waals surface area contributed by atoms with E-state index in [2.05, 4.69) is 15.5 Å². The van der Waals surface area contributed by atoms with E-state index in [1.807, 2.05) is 41.3 Å². The number of anilines is 1. The largest absolute Gasteiger partial charge is 0.467 e. The number of amides is 1. The highest BCUT2D eigenvalue weighted by atomic mass is 16.5. The van der Waals surface area contributed by atoms with Gasteiger partial charge in [0.05, 0.1) is 12.8 Å². The second kappa shape index (κ2) is 6.80. The third kappa shape index (κ3) is 3.26. The number of nitrogens with one attached hydrogen (secondary N) is 1. The van der Waals surface area contributed by atoms with Crippen LogP contribution in [0.4, 0.5) is 5.95 Å². The van der Waals surface area contributed by atoms with E-state index in [4.69, 9.17) is 8.94 Å². The molecule has 1 atom stereocenters. The summed E-state index contributed by atoms with van der Waals surface area (Å²) >= 11 is 0. The lowest BCUT2D eigenvalue weighted by atomic mass is 10.2. The number of rotatable bonds is 5. The van der Waals surface area contributed by atoms with Gasteiger partial charge in [-0.1, -0.05) is 18.2 Å². The lowest BCUT2D eigenvalue weighted by Crippen LogP contribution is -2.43. The molecule has 4 rings (SSSR count). The average molecular weight is 338 g/mol. The fourth-order valence-corrected chi connectivity index (χ4v) is 3.01. The van der Waals surface area contributed by atoms with E-state index in [0.29, 0.717) is 18.4 Å². The number of hydrogen-bond donors (Lipinski definition) is 1. The second-order valence-electron chi connectivity index (χ2n) is 5.91. The topological polar surface area (TPSA) is 84.4 Å². The minimum Gasteiger partial charge on any atom is -0.467 e. The summed E-state index contributed by atoms with van der Waals surface area (Å²) in [5.74, 6) is 1.58. The summed E-state index contributed by atoms with van der Waals surface area (Å²) in [6.07, 6.45) is 3.26.